The summed E-state index contributed by atoms with van der Waals surface area (Å²) in [5.41, 5.74) is 0.493. The summed E-state index contributed by atoms with van der Waals surface area (Å²) in [7, 11) is 3.18. The van der Waals surface area contributed by atoms with Gasteiger partial charge in [-0.3, -0.25) is 10.1 Å². The molecule has 6 heteroatoms. The Hall–Kier alpha value is -1.82. The van der Waals surface area contributed by atoms with Gasteiger partial charge in [0.2, 0.25) is 0 Å². The van der Waals surface area contributed by atoms with Crippen molar-refractivity contribution in [3.05, 3.63) is 28.3 Å². The maximum atomic E-state index is 11.1. The van der Waals surface area contributed by atoms with E-state index in [0.717, 1.165) is 6.42 Å². The fourth-order valence-electron chi connectivity index (χ4n) is 2.63. The van der Waals surface area contributed by atoms with E-state index in [-0.39, 0.29) is 23.2 Å². The predicted molar refractivity (Wildman–Crippen MR) is 76.3 cm³/mol. The molecule has 1 aromatic carbocycles. The highest BCUT2D eigenvalue weighted by molar-refractivity contribution is 5.64. The van der Waals surface area contributed by atoms with Crippen LogP contribution in [0.4, 0.5) is 11.4 Å². The molecule has 1 aromatic rings. The molecule has 2 unspecified atom stereocenters. The molecule has 2 rings (SSSR count). The molecule has 0 radical (unpaired) electrons. The van der Waals surface area contributed by atoms with Crippen LogP contribution in [0.25, 0.3) is 0 Å². The van der Waals surface area contributed by atoms with Crippen molar-refractivity contribution in [1.82, 2.24) is 0 Å². The van der Waals surface area contributed by atoms with Gasteiger partial charge in [-0.25, -0.2) is 0 Å². The molecule has 6 nitrogen and oxygen atoms in total. The van der Waals surface area contributed by atoms with Crippen LogP contribution in [-0.2, 0) is 4.74 Å². The van der Waals surface area contributed by atoms with Crippen LogP contribution in [0.1, 0.15) is 20.3 Å². The first-order chi connectivity index (χ1) is 9.40. The van der Waals surface area contributed by atoms with Gasteiger partial charge in [0.25, 0.3) is 5.69 Å². The highest BCUT2D eigenvalue weighted by Crippen LogP contribution is 2.45. The number of rotatable bonds is 5. The second-order valence-electron chi connectivity index (χ2n) is 5.62. The van der Waals surface area contributed by atoms with E-state index in [2.05, 4.69) is 19.2 Å². The summed E-state index contributed by atoms with van der Waals surface area (Å²) in [4.78, 5) is 10.7. The van der Waals surface area contributed by atoms with Crippen LogP contribution in [0.15, 0.2) is 18.2 Å². The minimum atomic E-state index is -0.398. The molecule has 1 aliphatic rings. The summed E-state index contributed by atoms with van der Waals surface area (Å²) in [6, 6.07) is 4.99. The summed E-state index contributed by atoms with van der Waals surface area (Å²) < 4.78 is 10.4. The SMILES string of the molecule is COc1ccc(NC2CC(OC)C2(C)C)c([N+](=O)[O-])c1. The summed E-state index contributed by atoms with van der Waals surface area (Å²) in [6.07, 6.45) is 1.02. The Morgan fingerprint density at radius 2 is 2.10 bits per heavy atom. The highest BCUT2D eigenvalue weighted by Gasteiger charge is 2.49. The number of ether oxygens (including phenoxy) is 2. The van der Waals surface area contributed by atoms with Gasteiger partial charge in [0.1, 0.15) is 11.4 Å². The lowest BCUT2D eigenvalue weighted by molar-refractivity contribution is -0.384. The number of nitro groups is 1. The molecule has 0 bridgehead atoms. The Balaban J connectivity index is 2.20. The number of benzene rings is 1. The van der Waals surface area contributed by atoms with Crippen LogP contribution in [0.3, 0.4) is 0 Å². The number of nitrogens with one attached hydrogen (secondary N) is 1. The van der Waals surface area contributed by atoms with Crippen molar-refractivity contribution in [1.29, 1.82) is 0 Å². The highest BCUT2D eigenvalue weighted by atomic mass is 16.6. The maximum absolute atomic E-state index is 11.1. The monoisotopic (exact) mass is 280 g/mol. The van der Waals surface area contributed by atoms with Crippen LogP contribution in [-0.4, -0.2) is 31.3 Å². The fraction of sp³-hybridized carbons (Fsp3) is 0.571. The Morgan fingerprint density at radius 3 is 2.60 bits per heavy atom. The molecule has 0 saturated heterocycles. The Labute approximate surface area is 118 Å². The number of nitro benzene ring substituents is 1. The normalized spacial score (nSPS) is 23.8. The molecule has 0 amide bonds. The molecule has 1 aliphatic carbocycles. The van der Waals surface area contributed by atoms with Gasteiger partial charge in [-0.1, -0.05) is 13.8 Å². The predicted octanol–water partition coefficient (Wildman–Crippen LogP) is 2.83. The van der Waals surface area contributed by atoms with Gasteiger partial charge in [-0.15, -0.1) is 0 Å². The van der Waals surface area contributed by atoms with E-state index >= 15 is 0 Å². The zero-order valence-corrected chi connectivity index (χ0v) is 12.2. The number of hydrogen-bond acceptors (Lipinski definition) is 5. The molecule has 0 aliphatic heterocycles. The van der Waals surface area contributed by atoms with Crippen molar-refractivity contribution in [3.8, 4) is 5.75 Å². The largest absolute Gasteiger partial charge is 0.496 e. The molecule has 110 valence electrons. The van der Waals surface area contributed by atoms with E-state index in [1.54, 1.807) is 19.2 Å². The number of methoxy groups -OCH3 is 2. The first-order valence-electron chi connectivity index (χ1n) is 6.52. The van der Waals surface area contributed by atoms with E-state index in [9.17, 15) is 10.1 Å². The van der Waals surface area contributed by atoms with Crippen molar-refractivity contribution >= 4 is 11.4 Å². The van der Waals surface area contributed by atoms with Gasteiger partial charge in [-0.05, 0) is 18.6 Å². The average Bonchev–Trinajstić information content (AvgIpc) is 2.42. The van der Waals surface area contributed by atoms with E-state index in [4.69, 9.17) is 9.47 Å². The third kappa shape index (κ3) is 2.43. The molecule has 0 aromatic heterocycles. The standard InChI is InChI=1S/C14H20N2O4/c1-14(2)12(8-13(14)20-4)15-10-6-5-9(19-3)7-11(10)16(17)18/h5-7,12-13,15H,8H2,1-4H3. The minimum absolute atomic E-state index is 0.0287. The molecule has 2 atom stereocenters. The van der Waals surface area contributed by atoms with Crippen molar-refractivity contribution in [2.24, 2.45) is 5.41 Å². The van der Waals surface area contributed by atoms with Gasteiger partial charge in [-0.2, -0.15) is 0 Å². The van der Waals surface area contributed by atoms with Crippen LogP contribution in [0, 0.1) is 15.5 Å². The topological polar surface area (TPSA) is 73.6 Å². The van der Waals surface area contributed by atoms with Crippen molar-refractivity contribution in [2.45, 2.75) is 32.4 Å². The zero-order chi connectivity index (χ0) is 14.9. The summed E-state index contributed by atoms with van der Waals surface area (Å²) in [6.45, 7) is 4.19. The average molecular weight is 280 g/mol. The molecule has 0 heterocycles. The summed E-state index contributed by atoms with van der Waals surface area (Å²) in [5.74, 6) is 0.477. The van der Waals surface area contributed by atoms with Gasteiger partial charge in [0, 0.05) is 18.6 Å². The van der Waals surface area contributed by atoms with Gasteiger partial charge in [0.15, 0.2) is 0 Å². The molecule has 1 N–H and O–H groups in total. The van der Waals surface area contributed by atoms with Crippen LogP contribution >= 0.6 is 0 Å². The van der Waals surface area contributed by atoms with E-state index in [0.29, 0.717) is 11.4 Å². The number of nitrogens with zero attached hydrogens (tertiary/aromatic N) is 1. The van der Waals surface area contributed by atoms with Crippen LogP contribution in [0.2, 0.25) is 0 Å². The Bertz CT molecular complexity index is 516. The third-order valence-electron chi connectivity index (χ3n) is 4.19. The lowest BCUT2D eigenvalue weighted by Gasteiger charge is -2.51. The van der Waals surface area contributed by atoms with Crippen molar-refractivity contribution in [2.75, 3.05) is 19.5 Å². The Morgan fingerprint density at radius 1 is 1.40 bits per heavy atom. The van der Waals surface area contributed by atoms with Gasteiger partial charge in [0.05, 0.1) is 24.2 Å². The smallest absolute Gasteiger partial charge is 0.296 e. The number of hydrogen-bond donors (Lipinski definition) is 1. The molecular formula is C14H20N2O4. The molecule has 20 heavy (non-hydrogen) atoms. The van der Waals surface area contributed by atoms with Crippen molar-refractivity contribution < 1.29 is 14.4 Å². The maximum Gasteiger partial charge on any atom is 0.296 e. The van der Waals surface area contributed by atoms with Crippen LogP contribution in [0.5, 0.6) is 5.75 Å². The van der Waals surface area contributed by atoms with E-state index in [1.807, 2.05) is 0 Å². The lowest BCUT2D eigenvalue weighted by atomic mass is 9.64. The Kier molecular flexibility index (Phi) is 3.85. The fourth-order valence-corrected chi connectivity index (χ4v) is 2.63. The van der Waals surface area contributed by atoms with E-state index < -0.39 is 4.92 Å². The molecule has 0 spiro atoms. The lowest BCUT2D eigenvalue weighted by Crippen LogP contribution is -2.57. The molecule has 1 fully saturated rings. The summed E-state index contributed by atoms with van der Waals surface area (Å²) in [5, 5.41) is 14.4. The second kappa shape index (κ2) is 5.28. The molecular weight excluding hydrogens is 260 g/mol. The third-order valence-corrected chi connectivity index (χ3v) is 4.19. The minimum Gasteiger partial charge on any atom is -0.496 e. The summed E-state index contributed by atoms with van der Waals surface area (Å²) >= 11 is 0. The van der Waals surface area contributed by atoms with E-state index in [1.165, 1.54) is 13.2 Å². The van der Waals surface area contributed by atoms with Crippen molar-refractivity contribution in [3.63, 3.8) is 0 Å². The molecule has 1 saturated carbocycles. The van der Waals surface area contributed by atoms with Crippen LogP contribution < -0.4 is 10.1 Å². The number of anilines is 1. The zero-order valence-electron chi connectivity index (χ0n) is 12.2. The quantitative estimate of drug-likeness (QED) is 0.663. The first-order valence-corrected chi connectivity index (χ1v) is 6.52. The first kappa shape index (κ1) is 14.6. The van der Waals surface area contributed by atoms with Gasteiger partial charge >= 0.3 is 0 Å². The van der Waals surface area contributed by atoms with Gasteiger partial charge < -0.3 is 14.8 Å². The second-order valence-corrected chi connectivity index (χ2v) is 5.62.